The molecule has 1 amide bonds. The third-order valence-corrected chi connectivity index (χ3v) is 3.75. The van der Waals surface area contributed by atoms with Gasteiger partial charge in [0, 0.05) is 24.5 Å². The molecule has 4 nitrogen and oxygen atoms in total. The van der Waals surface area contributed by atoms with Crippen LogP contribution in [-0.4, -0.2) is 23.5 Å². The Morgan fingerprint density at radius 2 is 2.00 bits per heavy atom. The molecule has 0 radical (unpaired) electrons. The Morgan fingerprint density at radius 1 is 1.32 bits per heavy atom. The topological polar surface area (TPSA) is 54.0 Å². The van der Waals surface area contributed by atoms with Gasteiger partial charge in [0.05, 0.1) is 6.54 Å². The minimum atomic E-state index is 0.104. The van der Waals surface area contributed by atoms with E-state index in [1.54, 1.807) is 12.4 Å². The number of hydrogen-bond acceptors (Lipinski definition) is 3. The van der Waals surface area contributed by atoms with Gasteiger partial charge >= 0.3 is 0 Å². The maximum Gasteiger partial charge on any atom is 0.234 e. The average molecular weight is 261 g/mol. The molecule has 2 N–H and O–H groups in total. The summed E-state index contributed by atoms with van der Waals surface area (Å²) in [6, 6.07) is 4.49. The molecule has 19 heavy (non-hydrogen) atoms. The third-order valence-electron chi connectivity index (χ3n) is 3.75. The Balaban J connectivity index is 1.71. The van der Waals surface area contributed by atoms with Gasteiger partial charge in [0.25, 0.3) is 0 Å². The number of hydrogen-bond donors (Lipinski definition) is 2. The maximum absolute atomic E-state index is 11.9. The van der Waals surface area contributed by atoms with Crippen LogP contribution in [0.25, 0.3) is 0 Å². The third kappa shape index (κ3) is 4.63. The van der Waals surface area contributed by atoms with Gasteiger partial charge in [-0.25, -0.2) is 0 Å². The Kier molecular flexibility index (Phi) is 5.33. The SMILES string of the molecule is C[C@H](NCC(=O)NC1CCCCC1)c1ccncc1. The zero-order valence-corrected chi connectivity index (χ0v) is 11.6. The highest BCUT2D eigenvalue weighted by Gasteiger charge is 2.15. The standard InChI is InChI=1S/C15H23N3O/c1-12(13-7-9-16-10-8-13)17-11-15(19)18-14-5-3-2-4-6-14/h7-10,12,14,17H,2-6,11H2,1H3,(H,18,19)/t12-/m0/s1. The first-order valence-corrected chi connectivity index (χ1v) is 7.18. The molecule has 0 aromatic carbocycles. The summed E-state index contributed by atoms with van der Waals surface area (Å²) in [6.45, 7) is 2.43. The summed E-state index contributed by atoms with van der Waals surface area (Å²) in [5, 5.41) is 6.36. The highest BCUT2D eigenvalue weighted by Crippen LogP contribution is 2.17. The van der Waals surface area contributed by atoms with E-state index in [-0.39, 0.29) is 11.9 Å². The van der Waals surface area contributed by atoms with Crippen molar-refractivity contribution in [2.45, 2.75) is 51.1 Å². The molecule has 0 unspecified atom stereocenters. The van der Waals surface area contributed by atoms with Gasteiger partial charge < -0.3 is 10.6 Å². The van der Waals surface area contributed by atoms with Gasteiger partial charge in [-0.3, -0.25) is 9.78 Å². The number of carbonyl (C=O) groups excluding carboxylic acids is 1. The number of rotatable bonds is 5. The van der Waals surface area contributed by atoms with Crippen molar-refractivity contribution < 1.29 is 4.79 Å². The minimum absolute atomic E-state index is 0.104. The number of carbonyl (C=O) groups is 1. The fourth-order valence-electron chi connectivity index (χ4n) is 2.54. The van der Waals surface area contributed by atoms with E-state index in [0.29, 0.717) is 12.6 Å². The van der Waals surface area contributed by atoms with E-state index in [9.17, 15) is 4.79 Å². The van der Waals surface area contributed by atoms with Crippen molar-refractivity contribution in [3.05, 3.63) is 30.1 Å². The fraction of sp³-hybridized carbons (Fsp3) is 0.600. The molecule has 1 fully saturated rings. The Bertz CT molecular complexity index is 388. The first-order chi connectivity index (χ1) is 9.25. The van der Waals surface area contributed by atoms with Gasteiger partial charge in [0.2, 0.25) is 5.91 Å². The van der Waals surface area contributed by atoms with E-state index in [4.69, 9.17) is 0 Å². The van der Waals surface area contributed by atoms with E-state index >= 15 is 0 Å². The summed E-state index contributed by atoms with van der Waals surface area (Å²) in [7, 11) is 0. The van der Waals surface area contributed by atoms with Crippen LogP contribution in [0.3, 0.4) is 0 Å². The summed E-state index contributed by atoms with van der Waals surface area (Å²) in [6.07, 6.45) is 9.60. The van der Waals surface area contributed by atoms with Gasteiger partial charge in [-0.05, 0) is 37.5 Å². The van der Waals surface area contributed by atoms with Crippen LogP contribution in [0.2, 0.25) is 0 Å². The van der Waals surface area contributed by atoms with E-state index in [2.05, 4.69) is 22.5 Å². The average Bonchev–Trinajstić information content (AvgIpc) is 2.47. The second-order valence-corrected chi connectivity index (χ2v) is 5.29. The van der Waals surface area contributed by atoms with E-state index in [0.717, 1.165) is 18.4 Å². The van der Waals surface area contributed by atoms with Crippen molar-refractivity contribution in [3.63, 3.8) is 0 Å². The molecule has 1 aliphatic rings. The van der Waals surface area contributed by atoms with Crippen LogP contribution >= 0.6 is 0 Å². The second kappa shape index (κ2) is 7.24. The minimum Gasteiger partial charge on any atom is -0.352 e. The first kappa shape index (κ1) is 14.0. The number of amides is 1. The van der Waals surface area contributed by atoms with Crippen molar-refractivity contribution in [3.8, 4) is 0 Å². The van der Waals surface area contributed by atoms with Crippen molar-refractivity contribution in [2.24, 2.45) is 0 Å². The lowest BCUT2D eigenvalue weighted by atomic mass is 9.95. The molecular weight excluding hydrogens is 238 g/mol. The van der Waals surface area contributed by atoms with E-state index < -0.39 is 0 Å². The van der Waals surface area contributed by atoms with Crippen molar-refractivity contribution in [2.75, 3.05) is 6.54 Å². The lowest BCUT2D eigenvalue weighted by Gasteiger charge is -2.23. The van der Waals surface area contributed by atoms with Crippen LogP contribution in [0, 0.1) is 0 Å². The summed E-state index contributed by atoms with van der Waals surface area (Å²) in [5.74, 6) is 0.104. The van der Waals surface area contributed by atoms with Gasteiger partial charge in [0.15, 0.2) is 0 Å². The monoisotopic (exact) mass is 261 g/mol. The summed E-state index contributed by atoms with van der Waals surface area (Å²) < 4.78 is 0. The van der Waals surface area contributed by atoms with E-state index in [1.165, 1.54) is 19.3 Å². The molecule has 1 saturated carbocycles. The van der Waals surface area contributed by atoms with Gasteiger partial charge in [-0.15, -0.1) is 0 Å². The zero-order valence-electron chi connectivity index (χ0n) is 11.6. The molecule has 1 aromatic heterocycles. The van der Waals surface area contributed by atoms with Crippen LogP contribution in [0.15, 0.2) is 24.5 Å². The molecule has 1 aliphatic carbocycles. The number of aromatic nitrogens is 1. The highest BCUT2D eigenvalue weighted by atomic mass is 16.1. The van der Waals surface area contributed by atoms with Crippen LogP contribution in [0.1, 0.15) is 50.6 Å². The summed E-state index contributed by atoms with van der Waals surface area (Å²) >= 11 is 0. The molecule has 0 spiro atoms. The molecule has 0 aliphatic heterocycles. The molecule has 104 valence electrons. The molecule has 0 bridgehead atoms. The van der Waals surface area contributed by atoms with Crippen molar-refractivity contribution in [1.82, 2.24) is 15.6 Å². The summed E-state index contributed by atoms with van der Waals surface area (Å²) in [5.41, 5.74) is 1.15. The van der Waals surface area contributed by atoms with E-state index in [1.807, 2.05) is 12.1 Å². The maximum atomic E-state index is 11.9. The molecule has 2 rings (SSSR count). The molecule has 1 heterocycles. The number of nitrogens with zero attached hydrogens (tertiary/aromatic N) is 1. The van der Waals surface area contributed by atoms with Crippen LogP contribution < -0.4 is 10.6 Å². The lowest BCUT2D eigenvalue weighted by Crippen LogP contribution is -2.41. The Labute approximate surface area is 115 Å². The molecule has 0 saturated heterocycles. The fourth-order valence-corrected chi connectivity index (χ4v) is 2.54. The van der Waals surface area contributed by atoms with Crippen LogP contribution in [0.4, 0.5) is 0 Å². The first-order valence-electron chi connectivity index (χ1n) is 7.18. The van der Waals surface area contributed by atoms with Gasteiger partial charge in [0.1, 0.15) is 0 Å². The van der Waals surface area contributed by atoms with Crippen molar-refractivity contribution in [1.29, 1.82) is 0 Å². The quantitative estimate of drug-likeness (QED) is 0.854. The van der Waals surface area contributed by atoms with Crippen LogP contribution in [-0.2, 0) is 4.79 Å². The lowest BCUT2D eigenvalue weighted by molar-refractivity contribution is -0.121. The normalized spacial score (nSPS) is 17.9. The molecule has 4 heteroatoms. The Morgan fingerprint density at radius 3 is 2.68 bits per heavy atom. The predicted octanol–water partition coefficient (Wildman–Crippen LogP) is 2.18. The summed E-state index contributed by atoms with van der Waals surface area (Å²) in [4.78, 5) is 15.9. The smallest absolute Gasteiger partial charge is 0.234 e. The Hall–Kier alpha value is -1.42. The predicted molar refractivity (Wildman–Crippen MR) is 75.7 cm³/mol. The largest absolute Gasteiger partial charge is 0.352 e. The number of pyridine rings is 1. The number of nitrogens with one attached hydrogen (secondary N) is 2. The van der Waals surface area contributed by atoms with Crippen LogP contribution in [0.5, 0.6) is 0 Å². The van der Waals surface area contributed by atoms with Gasteiger partial charge in [-0.1, -0.05) is 19.3 Å². The van der Waals surface area contributed by atoms with Gasteiger partial charge in [-0.2, -0.15) is 0 Å². The highest BCUT2D eigenvalue weighted by molar-refractivity contribution is 5.78. The molecular formula is C15H23N3O. The van der Waals surface area contributed by atoms with Crippen molar-refractivity contribution >= 4 is 5.91 Å². The second-order valence-electron chi connectivity index (χ2n) is 5.29. The molecule has 1 atom stereocenters. The zero-order chi connectivity index (χ0) is 13.5. The molecule has 1 aromatic rings.